The second kappa shape index (κ2) is 10.2. The quantitative estimate of drug-likeness (QED) is 0.496. The van der Waals surface area contributed by atoms with Gasteiger partial charge in [0, 0.05) is 37.2 Å². The first-order valence-electron chi connectivity index (χ1n) is 11.1. The van der Waals surface area contributed by atoms with Crippen LogP contribution in [0.3, 0.4) is 0 Å². The Morgan fingerprint density at radius 1 is 0.912 bits per heavy atom. The lowest BCUT2D eigenvalue weighted by atomic mass is 9.98. The first kappa shape index (κ1) is 23.0. The molecule has 7 nitrogen and oxygen atoms in total. The molecule has 0 fully saturated rings. The number of carboxylic acids is 1. The topological polar surface area (TPSA) is 95.9 Å². The number of benzene rings is 3. The Bertz CT molecular complexity index is 1160. The highest BCUT2D eigenvalue weighted by Crippen LogP contribution is 2.44. The van der Waals surface area contributed by atoms with Crippen LogP contribution in [0.4, 0.5) is 10.5 Å². The lowest BCUT2D eigenvalue weighted by Crippen LogP contribution is -2.28. The van der Waals surface area contributed by atoms with E-state index in [1.54, 1.807) is 31.3 Å². The molecule has 0 aromatic heterocycles. The Balaban J connectivity index is 1.33. The lowest BCUT2D eigenvalue weighted by molar-refractivity contribution is -0.137. The number of aliphatic carboxylic acids is 1. The van der Waals surface area contributed by atoms with Crippen LogP contribution in [0, 0.1) is 0 Å². The molecule has 4 rings (SSSR count). The van der Waals surface area contributed by atoms with Gasteiger partial charge in [0.15, 0.2) is 0 Å². The van der Waals surface area contributed by atoms with Crippen LogP contribution in [-0.2, 0) is 9.53 Å². The molecule has 2 N–H and O–H groups in total. The van der Waals surface area contributed by atoms with Gasteiger partial charge >= 0.3 is 12.1 Å². The van der Waals surface area contributed by atoms with Crippen molar-refractivity contribution >= 4 is 23.7 Å². The Hall–Kier alpha value is -4.13. The highest BCUT2D eigenvalue weighted by Gasteiger charge is 2.29. The number of amides is 2. The monoisotopic (exact) mass is 458 g/mol. The summed E-state index contributed by atoms with van der Waals surface area (Å²) in [6.07, 6.45) is -0.161. The predicted octanol–water partition coefficient (Wildman–Crippen LogP) is 4.98. The van der Waals surface area contributed by atoms with Crippen molar-refractivity contribution in [2.45, 2.75) is 18.8 Å². The van der Waals surface area contributed by atoms with Gasteiger partial charge in [-0.15, -0.1) is 0 Å². The number of nitrogens with one attached hydrogen (secondary N) is 1. The largest absolute Gasteiger partial charge is 0.481 e. The van der Waals surface area contributed by atoms with Gasteiger partial charge in [0.05, 0.1) is 0 Å². The third-order valence-corrected chi connectivity index (χ3v) is 5.95. The molecule has 1 aliphatic rings. The molecule has 3 aromatic carbocycles. The molecule has 174 valence electrons. The normalized spacial score (nSPS) is 11.9. The number of nitrogens with zero attached hydrogens (tertiary/aromatic N) is 1. The van der Waals surface area contributed by atoms with Crippen LogP contribution in [0.15, 0.2) is 72.8 Å². The SMILES string of the molecule is CN(CCCC(=O)O)C(=O)c1ccc(NC(=O)OCC2c3ccccc3-c3ccccc32)cc1. The summed E-state index contributed by atoms with van der Waals surface area (Å²) in [7, 11) is 1.63. The van der Waals surface area contributed by atoms with Crippen molar-refractivity contribution in [1.29, 1.82) is 0 Å². The number of hydrogen-bond donors (Lipinski definition) is 2. The van der Waals surface area contributed by atoms with Gasteiger partial charge in [-0.2, -0.15) is 0 Å². The molecule has 7 heteroatoms. The number of anilines is 1. The second-order valence-corrected chi connectivity index (χ2v) is 8.25. The van der Waals surface area contributed by atoms with Crippen LogP contribution in [0.2, 0.25) is 0 Å². The molecule has 3 aromatic rings. The summed E-state index contributed by atoms with van der Waals surface area (Å²) in [5.74, 6) is -1.11. The van der Waals surface area contributed by atoms with Gasteiger partial charge in [0.2, 0.25) is 0 Å². The molecular formula is C27H26N2O5. The van der Waals surface area contributed by atoms with Crippen LogP contribution >= 0.6 is 0 Å². The fraction of sp³-hybridized carbons (Fsp3) is 0.222. The highest BCUT2D eigenvalue weighted by atomic mass is 16.5. The van der Waals surface area contributed by atoms with Gasteiger partial charge in [-0.25, -0.2) is 4.79 Å². The van der Waals surface area contributed by atoms with E-state index in [2.05, 4.69) is 29.6 Å². The average Bonchev–Trinajstić information content (AvgIpc) is 3.16. The molecule has 2 amide bonds. The van der Waals surface area contributed by atoms with E-state index in [9.17, 15) is 14.4 Å². The van der Waals surface area contributed by atoms with Gasteiger partial charge in [-0.05, 0) is 52.9 Å². The fourth-order valence-corrected chi connectivity index (χ4v) is 4.24. The average molecular weight is 459 g/mol. The number of carbonyl (C=O) groups excluding carboxylic acids is 2. The maximum atomic E-state index is 12.5. The number of rotatable bonds is 8. The number of hydrogen-bond acceptors (Lipinski definition) is 4. The van der Waals surface area contributed by atoms with E-state index < -0.39 is 12.1 Å². The van der Waals surface area contributed by atoms with Gasteiger partial charge in [0.25, 0.3) is 5.91 Å². The highest BCUT2D eigenvalue weighted by molar-refractivity contribution is 5.95. The summed E-state index contributed by atoms with van der Waals surface area (Å²) in [5, 5.41) is 11.4. The Kier molecular flexibility index (Phi) is 6.92. The molecule has 0 atom stereocenters. The zero-order chi connectivity index (χ0) is 24.1. The van der Waals surface area contributed by atoms with Crippen molar-refractivity contribution in [3.63, 3.8) is 0 Å². The first-order chi connectivity index (χ1) is 16.4. The maximum absolute atomic E-state index is 12.5. The van der Waals surface area contributed by atoms with Crippen LogP contribution in [0.1, 0.15) is 40.2 Å². The number of carboxylic acid groups (broad SMARTS) is 1. The van der Waals surface area contributed by atoms with Gasteiger partial charge in [-0.1, -0.05) is 48.5 Å². The molecule has 0 saturated carbocycles. The Morgan fingerprint density at radius 3 is 2.09 bits per heavy atom. The van der Waals surface area contributed by atoms with Crippen molar-refractivity contribution in [1.82, 2.24) is 4.90 Å². The summed E-state index contributed by atoms with van der Waals surface area (Å²) in [6.45, 7) is 0.572. The zero-order valence-electron chi connectivity index (χ0n) is 18.9. The van der Waals surface area contributed by atoms with E-state index in [-0.39, 0.29) is 24.9 Å². The van der Waals surface area contributed by atoms with Gasteiger partial charge in [-0.3, -0.25) is 14.9 Å². The number of ether oxygens (including phenoxy) is 1. The van der Waals surface area contributed by atoms with E-state index in [4.69, 9.17) is 9.84 Å². The molecule has 0 unspecified atom stereocenters. The van der Waals surface area contributed by atoms with Crippen molar-refractivity contribution in [3.8, 4) is 11.1 Å². The first-order valence-corrected chi connectivity index (χ1v) is 11.1. The van der Waals surface area contributed by atoms with E-state index in [0.717, 1.165) is 11.1 Å². The molecule has 0 saturated heterocycles. The number of fused-ring (bicyclic) bond motifs is 3. The summed E-state index contributed by atoms with van der Waals surface area (Å²) < 4.78 is 5.55. The lowest BCUT2D eigenvalue weighted by Gasteiger charge is -2.17. The van der Waals surface area contributed by atoms with Crippen LogP contribution in [0.5, 0.6) is 0 Å². The number of carbonyl (C=O) groups is 3. The van der Waals surface area contributed by atoms with Gasteiger partial charge < -0.3 is 14.7 Å². The molecule has 0 bridgehead atoms. The molecule has 0 heterocycles. The molecule has 1 aliphatic carbocycles. The molecule has 34 heavy (non-hydrogen) atoms. The van der Waals surface area contributed by atoms with Gasteiger partial charge in [0.1, 0.15) is 6.61 Å². The summed E-state index contributed by atoms with van der Waals surface area (Å²) >= 11 is 0. The third-order valence-electron chi connectivity index (χ3n) is 5.95. The minimum Gasteiger partial charge on any atom is -0.481 e. The smallest absolute Gasteiger partial charge is 0.411 e. The molecule has 0 spiro atoms. The molecule has 0 radical (unpaired) electrons. The Morgan fingerprint density at radius 2 is 1.50 bits per heavy atom. The van der Waals surface area contributed by atoms with E-state index in [1.807, 2.05) is 24.3 Å². The molecule has 0 aliphatic heterocycles. The minimum absolute atomic E-state index is 0.0145. The third kappa shape index (κ3) is 5.09. The van der Waals surface area contributed by atoms with E-state index in [1.165, 1.54) is 16.0 Å². The van der Waals surface area contributed by atoms with Crippen LogP contribution in [0.25, 0.3) is 11.1 Å². The van der Waals surface area contributed by atoms with E-state index >= 15 is 0 Å². The standard InChI is InChI=1S/C27H26N2O5/c1-29(16-6-11-25(30)31)26(32)18-12-14-19(15-13-18)28-27(33)34-17-24-22-9-4-2-7-20(22)21-8-3-5-10-23(21)24/h2-5,7-10,12-15,24H,6,11,16-17H2,1H3,(H,28,33)(H,30,31). The second-order valence-electron chi connectivity index (χ2n) is 8.25. The van der Waals surface area contributed by atoms with Crippen molar-refractivity contribution in [2.24, 2.45) is 0 Å². The maximum Gasteiger partial charge on any atom is 0.411 e. The van der Waals surface area contributed by atoms with E-state index in [0.29, 0.717) is 24.2 Å². The van der Waals surface area contributed by atoms with Crippen molar-refractivity contribution in [2.75, 3.05) is 25.5 Å². The predicted molar refractivity (Wildman–Crippen MR) is 129 cm³/mol. The summed E-state index contributed by atoms with van der Waals surface area (Å²) in [4.78, 5) is 37.0. The van der Waals surface area contributed by atoms with Crippen LogP contribution in [-0.4, -0.2) is 48.2 Å². The summed E-state index contributed by atoms with van der Waals surface area (Å²) in [6, 6.07) is 22.8. The minimum atomic E-state index is -0.885. The van der Waals surface area contributed by atoms with Crippen LogP contribution < -0.4 is 5.32 Å². The Labute approximate surface area is 198 Å². The zero-order valence-corrected chi connectivity index (χ0v) is 18.9. The molecular weight excluding hydrogens is 432 g/mol. The fourth-order valence-electron chi connectivity index (χ4n) is 4.24. The van der Waals surface area contributed by atoms with Crippen molar-refractivity contribution in [3.05, 3.63) is 89.5 Å². The summed E-state index contributed by atoms with van der Waals surface area (Å²) in [5.41, 5.74) is 5.59. The van der Waals surface area contributed by atoms with Crippen molar-refractivity contribution < 1.29 is 24.2 Å².